The van der Waals surface area contributed by atoms with Gasteiger partial charge in [0.25, 0.3) is 0 Å². The van der Waals surface area contributed by atoms with Gasteiger partial charge in [0.15, 0.2) is 11.9 Å². The first kappa shape index (κ1) is 124. The van der Waals surface area contributed by atoms with Gasteiger partial charge in [0.05, 0.1) is 18.9 Å². The number of primary amides is 2. The van der Waals surface area contributed by atoms with Crippen molar-refractivity contribution in [2.75, 3.05) is 31.1 Å². The molecule has 18 atom stereocenters. The second-order valence-corrected chi connectivity index (χ2v) is 35.6. The standard InChI is InChI=1S/C83H146N26O26S2/c1-13-42(10)64(109-77(130)55(35-63(116)117)105-76(129)52(31-39(4)5)102-67(120)45(85)30-38(2)3)80(133)108-58(37-137)79(132)101-50(22-25-61(112)113)72(125)104-53(32-40(6)7)74(127)98-46(18-14-15-27-84)70(123)103-54(33-41(8)9)75(128)100-49(21-24-59(86)110)71(124)99-51(23-26-62(114)115)73(126)107-57(36-136)78(131)95-43(11)65(118)96-48(20-17-29-93-83(90)91)69(122)97-47(19-16-28-92-82(88)89)68(121)94-44(12)66(119)106-56(81(134)135)34-60(87)111/h38-58,64,136-137H,13-37,84-85H2,1-12H3,(H2,86,110)(H2,87,111)(H,94,121)(H,95,131)(H,96,118)(H,97,122)(H,98,127)(H,99,124)(H,100,128)(H,101,132)(H,102,120)(H,103,123)(H,104,125)(H,105,129)(H,106,119)(H,107,126)(H,108,133)(H,109,130)(H,112,113)(H,114,115)(H,116,117)(H,134,135)(H4,88,89,92)(H4,90,91,93)/t42-,43-,44-,45-,46-,47-,48-,49-,50-,51-,52-,53-,54-,55-,56-,57-,58-,64-/m0/s1. The molecule has 0 aromatic carbocycles. The summed E-state index contributed by atoms with van der Waals surface area (Å²) >= 11 is 8.44. The van der Waals surface area contributed by atoms with E-state index in [1.807, 2.05) is 13.8 Å². The molecule has 0 aliphatic carbocycles. The molecule has 36 N–H and O–H groups in total. The summed E-state index contributed by atoms with van der Waals surface area (Å²) in [5.74, 6) is -29.0. The fourth-order valence-corrected chi connectivity index (χ4v) is 13.7. The monoisotopic (exact) mass is 1990 g/mol. The van der Waals surface area contributed by atoms with Crippen LogP contribution in [0.2, 0.25) is 0 Å². The van der Waals surface area contributed by atoms with Crippen LogP contribution in [0.4, 0.5) is 0 Å². The SMILES string of the molecule is CC[C@H](C)[C@H](NC(=O)[C@H](CC(=O)O)NC(=O)[C@H](CC(C)C)NC(=O)[C@@H](N)CC(C)C)C(=O)N[C@@H](CS)C(=O)N[C@@H](CCC(=O)O)C(=O)N[C@@H](CC(C)C)C(=O)N[C@@H](CCCCN)C(=O)N[C@@H](CC(C)C)C(=O)N[C@@H](CCC(N)=O)C(=O)N[C@@H](CCC(=O)O)C(=O)N[C@@H](CS)C(=O)N[C@@H](C)C(=O)N[C@@H](CCCNC(=N)N)C(=O)N[C@@H](CCCNC(=N)N)C(=O)N[C@@H](C)C(=O)N[C@@H](CC(N)=O)C(=O)O. The van der Waals surface area contributed by atoms with Crippen LogP contribution in [0.3, 0.4) is 0 Å². The van der Waals surface area contributed by atoms with Crippen LogP contribution in [0, 0.1) is 40.4 Å². The van der Waals surface area contributed by atoms with Gasteiger partial charge in [-0.25, -0.2) is 4.79 Å². The van der Waals surface area contributed by atoms with Gasteiger partial charge >= 0.3 is 23.9 Å². The van der Waals surface area contributed by atoms with E-state index in [-0.39, 0.29) is 109 Å². The fourth-order valence-electron chi connectivity index (χ4n) is 13.2. The Bertz CT molecular complexity index is 4130. The van der Waals surface area contributed by atoms with Gasteiger partial charge in [-0.05, 0) is 140 Å². The van der Waals surface area contributed by atoms with Gasteiger partial charge in [-0.15, -0.1) is 0 Å². The normalized spacial score (nSPS) is 15.1. The van der Waals surface area contributed by atoms with Crippen LogP contribution in [0.25, 0.3) is 0 Å². The van der Waals surface area contributed by atoms with E-state index in [0.29, 0.717) is 0 Å². The van der Waals surface area contributed by atoms with Crippen LogP contribution in [-0.4, -0.2) is 296 Å². The molecule has 776 valence electrons. The maximum absolute atomic E-state index is 14.7. The molecule has 0 saturated carbocycles. The highest BCUT2D eigenvalue weighted by Crippen LogP contribution is 2.17. The largest absolute Gasteiger partial charge is 0.481 e. The van der Waals surface area contributed by atoms with Gasteiger partial charge in [0.1, 0.15) is 96.7 Å². The molecule has 0 aromatic rings. The van der Waals surface area contributed by atoms with Gasteiger partial charge in [-0.2, -0.15) is 25.3 Å². The molecule has 52 nitrogen and oxygen atoms in total. The molecule has 0 aliphatic heterocycles. The lowest BCUT2D eigenvalue weighted by Crippen LogP contribution is -2.62. The van der Waals surface area contributed by atoms with E-state index in [1.54, 1.807) is 48.5 Å². The summed E-state index contributed by atoms with van der Waals surface area (Å²) in [6.07, 6.45) is -6.05. The highest BCUT2D eigenvalue weighted by atomic mass is 32.1. The smallest absolute Gasteiger partial charge is 0.326 e. The number of thiol groups is 2. The summed E-state index contributed by atoms with van der Waals surface area (Å²) in [7, 11) is 0. The summed E-state index contributed by atoms with van der Waals surface area (Å²) in [4.78, 5) is 298. The predicted molar refractivity (Wildman–Crippen MR) is 502 cm³/mol. The second-order valence-electron chi connectivity index (χ2n) is 34.8. The van der Waals surface area contributed by atoms with E-state index in [0.717, 1.165) is 13.8 Å². The number of hydrogen-bond acceptors (Lipinski definition) is 28. The maximum Gasteiger partial charge on any atom is 0.326 e. The van der Waals surface area contributed by atoms with Crippen LogP contribution in [0.1, 0.15) is 212 Å². The fraction of sp³-hybridized carbons (Fsp3) is 0.711. The summed E-state index contributed by atoms with van der Waals surface area (Å²) in [5, 5.41) is 97.8. The first-order valence-corrected chi connectivity index (χ1v) is 46.3. The molecule has 0 spiro atoms. The number of carboxylic acid groups (broad SMARTS) is 4. The molecule has 54 heteroatoms. The van der Waals surface area contributed by atoms with Crippen molar-refractivity contribution >= 4 is 167 Å². The Morgan fingerprint density at radius 2 is 0.584 bits per heavy atom. The number of carbonyl (C=O) groups is 22. The third-order valence-electron chi connectivity index (χ3n) is 20.7. The predicted octanol–water partition coefficient (Wildman–Crippen LogP) is -7.71. The van der Waals surface area contributed by atoms with E-state index in [9.17, 15) is 126 Å². The van der Waals surface area contributed by atoms with Crippen molar-refractivity contribution in [2.24, 2.45) is 64.0 Å². The van der Waals surface area contributed by atoms with Crippen molar-refractivity contribution in [3.05, 3.63) is 0 Å². The Balaban J connectivity index is 7.28. The molecular formula is C83H146N26O26S2. The summed E-state index contributed by atoms with van der Waals surface area (Å²) < 4.78 is 0. The molecule has 0 heterocycles. The first-order valence-electron chi connectivity index (χ1n) is 45.1. The van der Waals surface area contributed by atoms with Crippen molar-refractivity contribution in [2.45, 2.75) is 314 Å². The zero-order valence-corrected chi connectivity index (χ0v) is 81.3. The zero-order valence-electron chi connectivity index (χ0n) is 79.5. The average Bonchev–Trinajstić information content (AvgIpc) is 0.835. The molecular weight excluding hydrogens is 1840 g/mol. The molecule has 0 aliphatic rings. The Labute approximate surface area is 805 Å². The zero-order chi connectivity index (χ0) is 105. The number of carboxylic acids is 4. The lowest BCUT2D eigenvalue weighted by molar-refractivity contribution is -0.143. The quantitative estimate of drug-likeness (QED) is 0.0116. The Hall–Kier alpha value is -12.5. The van der Waals surface area contributed by atoms with E-state index in [1.165, 1.54) is 6.92 Å². The van der Waals surface area contributed by atoms with Crippen molar-refractivity contribution < 1.29 is 126 Å². The number of guanidine groups is 2. The molecule has 0 fully saturated rings. The van der Waals surface area contributed by atoms with Gasteiger partial charge in [0.2, 0.25) is 106 Å². The average molecular weight is 1990 g/mol. The molecule has 0 aromatic heterocycles. The van der Waals surface area contributed by atoms with Crippen LogP contribution in [0.5, 0.6) is 0 Å². The molecule has 0 bridgehead atoms. The minimum Gasteiger partial charge on any atom is -0.481 e. The Morgan fingerprint density at radius 1 is 0.299 bits per heavy atom. The number of rotatable bonds is 70. The summed E-state index contributed by atoms with van der Waals surface area (Å²) in [6, 6.07) is -27.3. The van der Waals surface area contributed by atoms with Crippen LogP contribution < -0.4 is 130 Å². The summed E-state index contributed by atoms with van der Waals surface area (Å²) in [6.45, 7) is 19.3. The van der Waals surface area contributed by atoms with Gasteiger partial charge in [-0.3, -0.25) is 112 Å². The maximum atomic E-state index is 14.7. The third-order valence-corrected chi connectivity index (χ3v) is 21.5. The van der Waals surface area contributed by atoms with E-state index >= 15 is 0 Å². The highest BCUT2D eigenvalue weighted by Gasteiger charge is 2.41. The minimum atomic E-state index is -1.89. The number of unbranched alkanes of at least 4 members (excludes halogenated alkanes) is 1. The summed E-state index contributed by atoms with van der Waals surface area (Å²) in [5.41, 5.74) is 33.4. The third kappa shape index (κ3) is 51.9. The number of amides is 18. The second kappa shape index (κ2) is 65.3. The number of nitrogens with one attached hydrogen (secondary N) is 20. The van der Waals surface area contributed by atoms with Crippen molar-refractivity contribution in [3.8, 4) is 0 Å². The van der Waals surface area contributed by atoms with Crippen molar-refractivity contribution in [3.63, 3.8) is 0 Å². The number of aliphatic carboxylic acids is 4. The van der Waals surface area contributed by atoms with Gasteiger partial charge < -0.3 is 151 Å². The van der Waals surface area contributed by atoms with E-state index in [2.05, 4.69) is 121 Å². The van der Waals surface area contributed by atoms with Gasteiger partial charge in [0, 0.05) is 43.9 Å². The first-order chi connectivity index (χ1) is 63.9. The lowest BCUT2D eigenvalue weighted by Gasteiger charge is -2.29. The molecule has 0 unspecified atom stereocenters. The highest BCUT2D eigenvalue weighted by molar-refractivity contribution is 7.80. The van der Waals surface area contributed by atoms with E-state index < -0.39 is 325 Å². The molecule has 0 saturated heterocycles. The molecule has 0 rings (SSSR count). The van der Waals surface area contributed by atoms with Crippen LogP contribution in [-0.2, 0) is 105 Å². The Morgan fingerprint density at radius 3 is 0.905 bits per heavy atom. The lowest BCUT2D eigenvalue weighted by atomic mass is 9.97. The molecule has 18 amide bonds. The van der Waals surface area contributed by atoms with E-state index in [4.69, 9.17) is 45.2 Å². The number of hydrogen-bond donors (Lipinski definition) is 32. The van der Waals surface area contributed by atoms with Crippen LogP contribution in [0.15, 0.2) is 0 Å². The van der Waals surface area contributed by atoms with Crippen molar-refractivity contribution in [1.82, 2.24) is 95.7 Å². The Kier molecular flexibility index (Phi) is 59.3. The van der Waals surface area contributed by atoms with Crippen LogP contribution >= 0.6 is 25.3 Å². The topological polar surface area (TPSA) is 877 Å². The van der Waals surface area contributed by atoms with Crippen molar-refractivity contribution in [1.29, 1.82) is 10.8 Å². The molecule has 137 heavy (non-hydrogen) atoms. The minimum absolute atomic E-state index is 0.00338. The van der Waals surface area contributed by atoms with Gasteiger partial charge in [-0.1, -0.05) is 75.7 Å². The number of nitrogens with two attached hydrogens (primary N) is 6. The number of carbonyl (C=O) groups excluding carboxylic acids is 18. The molecule has 0 radical (unpaired) electrons.